The van der Waals surface area contributed by atoms with Crippen molar-refractivity contribution in [2.45, 2.75) is 32.8 Å². The fourth-order valence-corrected chi connectivity index (χ4v) is 3.34. The van der Waals surface area contributed by atoms with Gasteiger partial charge in [-0.3, -0.25) is 4.79 Å². The van der Waals surface area contributed by atoms with Gasteiger partial charge in [-0.05, 0) is 30.5 Å². The zero-order chi connectivity index (χ0) is 22.3. The van der Waals surface area contributed by atoms with E-state index in [2.05, 4.69) is 26.4 Å². The van der Waals surface area contributed by atoms with Crippen molar-refractivity contribution in [2.75, 3.05) is 19.6 Å². The summed E-state index contributed by atoms with van der Waals surface area (Å²) >= 11 is 0. The summed E-state index contributed by atoms with van der Waals surface area (Å²) in [5.74, 6) is -0.0198. The number of aliphatic imine (C=N–C) groups is 1. The molecule has 2 N–H and O–H groups in total. The number of rotatable bonds is 6. The van der Waals surface area contributed by atoms with Crippen molar-refractivity contribution in [3.05, 3.63) is 65.2 Å². The van der Waals surface area contributed by atoms with Gasteiger partial charge in [-0.1, -0.05) is 42.5 Å². The zero-order valence-corrected chi connectivity index (χ0v) is 17.2. The summed E-state index contributed by atoms with van der Waals surface area (Å²) in [7, 11) is 0. The van der Waals surface area contributed by atoms with Gasteiger partial charge in [0.15, 0.2) is 5.96 Å². The van der Waals surface area contributed by atoms with E-state index in [-0.39, 0.29) is 30.3 Å². The van der Waals surface area contributed by atoms with Gasteiger partial charge in [-0.2, -0.15) is 0 Å². The SMILES string of the molecule is CCNC(=NCc1ccccc1OC(F)(F)F)NCC(=O)N1CCc2ccccc2C1. The molecule has 0 saturated carbocycles. The van der Waals surface area contributed by atoms with Crippen LogP contribution in [0, 0.1) is 0 Å². The van der Waals surface area contributed by atoms with Crippen LogP contribution in [-0.4, -0.2) is 42.8 Å². The maximum Gasteiger partial charge on any atom is 0.573 e. The largest absolute Gasteiger partial charge is 0.573 e. The molecule has 2 aromatic rings. The van der Waals surface area contributed by atoms with Crippen LogP contribution in [0.5, 0.6) is 5.75 Å². The number of ether oxygens (including phenoxy) is 1. The van der Waals surface area contributed by atoms with Gasteiger partial charge >= 0.3 is 6.36 Å². The molecule has 0 atom stereocenters. The first-order chi connectivity index (χ1) is 14.9. The van der Waals surface area contributed by atoms with Crippen LogP contribution in [0.2, 0.25) is 0 Å². The number of carbonyl (C=O) groups is 1. The summed E-state index contributed by atoms with van der Waals surface area (Å²) in [4.78, 5) is 18.7. The topological polar surface area (TPSA) is 66.0 Å². The number of nitrogens with one attached hydrogen (secondary N) is 2. The Hall–Kier alpha value is -3.23. The molecule has 1 aliphatic heterocycles. The Morgan fingerprint density at radius 3 is 2.55 bits per heavy atom. The minimum absolute atomic E-state index is 0.0349. The highest BCUT2D eigenvalue weighted by Gasteiger charge is 2.32. The first kappa shape index (κ1) is 22.5. The van der Waals surface area contributed by atoms with Crippen LogP contribution < -0.4 is 15.4 Å². The normalized spacial score (nSPS) is 14.1. The molecule has 1 amide bonds. The molecule has 0 unspecified atom stereocenters. The van der Waals surface area contributed by atoms with E-state index in [1.807, 2.05) is 25.1 Å². The Labute approximate surface area is 179 Å². The maximum atomic E-state index is 12.6. The molecule has 6 nitrogen and oxygen atoms in total. The third-order valence-electron chi connectivity index (χ3n) is 4.84. The summed E-state index contributed by atoms with van der Waals surface area (Å²) < 4.78 is 41.8. The molecule has 0 aliphatic carbocycles. The lowest BCUT2D eigenvalue weighted by molar-refractivity contribution is -0.274. The number of para-hydroxylation sites is 1. The number of nitrogens with zero attached hydrogens (tertiary/aromatic N) is 2. The maximum absolute atomic E-state index is 12.6. The van der Waals surface area contributed by atoms with Crippen LogP contribution in [0.25, 0.3) is 0 Å². The Bertz CT molecular complexity index is 931. The molecule has 0 fully saturated rings. The molecule has 0 bridgehead atoms. The Balaban J connectivity index is 1.60. The van der Waals surface area contributed by atoms with Crippen molar-refractivity contribution in [1.82, 2.24) is 15.5 Å². The van der Waals surface area contributed by atoms with E-state index >= 15 is 0 Å². The molecule has 0 radical (unpaired) electrons. The average molecular weight is 434 g/mol. The summed E-state index contributed by atoms with van der Waals surface area (Å²) in [6.45, 7) is 3.61. The molecule has 0 aromatic heterocycles. The van der Waals surface area contributed by atoms with Gasteiger partial charge in [0.2, 0.25) is 5.91 Å². The number of carbonyl (C=O) groups excluding carboxylic acids is 1. The number of hydrogen-bond acceptors (Lipinski definition) is 3. The third-order valence-corrected chi connectivity index (χ3v) is 4.84. The Morgan fingerprint density at radius 1 is 1.10 bits per heavy atom. The van der Waals surface area contributed by atoms with E-state index in [0.29, 0.717) is 25.6 Å². The van der Waals surface area contributed by atoms with Crippen LogP contribution >= 0.6 is 0 Å². The predicted octanol–water partition coefficient (Wildman–Crippen LogP) is 3.23. The first-order valence-corrected chi connectivity index (χ1v) is 10.1. The van der Waals surface area contributed by atoms with Crippen molar-refractivity contribution in [3.63, 3.8) is 0 Å². The van der Waals surface area contributed by atoms with Crippen molar-refractivity contribution in [1.29, 1.82) is 0 Å². The van der Waals surface area contributed by atoms with E-state index in [0.717, 1.165) is 12.0 Å². The van der Waals surface area contributed by atoms with E-state index in [9.17, 15) is 18.0 Å². The van der Waals surface area contributed by atoms with Crippen LogP contribution in [0.15, 0.2) is 53.5 Å². The second kappa shape index (κ2) is 10.2. The monoisotopic (exact) mass is 434 g/mol. The number of fused-ring (bicyclic) bond motifs is 1. The molecule has 2 aromatic carbocycles. The van der Waals surface area contributed by atoms with Gasteiger partial charge in [0.05, 0.1) is 13.1 Å². The molecule has 31 heavy (non-hydrogen) atoms. The lowest BCUT2D eigenvalue weighted by Gasteiger charge is -2.29. The van der Waals surface area contributed by atoms with Crippen molar-refractivity contribution in [3.8, 4) is 5.75 Å². The lowest BCUT2D eigenvalue weighted by atomic mass is 10.00. The second-order valence-corrected chi connectivity index (χ2v) is 7.04. The summed E-state index contributed by atoms with van der Waals surface area (Å²) in [6.07, 6.45) is -3.96. The highest BCUT2D eigenvalue weighted by molar-refractivity contribution is 5.86. The van der Waals surface area contributed by atoms with Gasteiger partial charge in [0.25, 0.3) is 0 Å². The van der Waals surface area contributed by atoms with Gasteiger partial charge in [-0.25, -0.2) is 4.99 Å². The van der Waals surface area contributed by atoms with E-state index in [1.165, 1.54) is 23.8 Å². The fourth-order valence-electron chi connectivity index (χ4n) is 3.34. The van der Waals surface area contributed by atoms with Gasteiger partial charge in [-0.15, -0.1) is 13.2 Å². The lowest BCUT2D eigenvalue weighted by Crippen LogP contribution is -2.45. The number of guanidine groups is 1. The fraction of sp³-hybridized carbons (Fsp3) is 0.364. The quantitative estimate of drug-likeness (QED) is 0.541. The van der Waals surface area contributed by atoms with Crippen molar-refractivity contribution in [2.24, 2.45) is 4.99 Å². The van der Waals surface area contributed by atoms with Crippen molar-refractivity contribution >= 4 is 11.9 Å². The molecule has 1 heterocycles. The minimum Gasteiger partial charge on any atom is -0.405 e. The van der Waals surface area contributed by atoms with E-state index in [1.54, 1.807) is 11.0 Å². The molecule has 3 rings (SSSR count). The first-order valence-electron chi connectivity index (χ1n) is 10.1. The minimum atomic E-state index is -4.78. The van der Waals surface area contributed by atoms with Crippen LogP contribution in [0.3, 0.4) is 0 Å². The molecule has 0 saturated heterocycles. The third kappa shape index (κ3) is 6.63. The average Bonchev–Trinajstić information content (AvgIpc) is 2.75. The summed E-state index contributed by atoms with van der Waals surface area (Å²) in [6, 6.07) is 13.9. The number of hydrogen-bond donors (Lipinski definition) is 2. The highest BCUT2D eigenvalue weighted by Crippen LogP contribution is 2.26. The number of amides is 1. The molecular formula is C22H25F3N4O2. The molecule has 166 valence electrons. The van der Waals surface area contributed by atoms with Crippen LogP contribution in [0.4, 0.5) is 13.2 Å². The summed E-state index contributed by atoms with van der Waals surface area (Å²) in [5.41, 5.74) is 2.69. The molecule has 9 heteroatoms. The Kier molecular flexibility index (Phi) is 7.38. The van der Waals surface area contributed by atoms with Gasteiger partial charge in [0, 0.05) is 25.2 Å². The zero-order valence-electron chi connectivity index (χ0n) is 17.2. The predicted molar refractivity (Wildman–Crippen MR) is 112 cm³/mol. The van der Waals surface area contributed by atoms with E-state index < -0.39 is 6.36 Å². The number of benzene rings is 2. The second-order valence-electron chi connectivity index (χ2n) is 7.04. The number of alkyl halides is 3. The van der Waals surface area contributed by atoms with Crippen LogP contribution in [-0.2, 0) is 24.3 Å². The van der Waals surface area contributed by atoms with E-state index in [4.69, 9.17) is 0 Å². The van der Waals surface area contributed by atoms with Gasteiger partial charge in [0.1, 0.15) is 5.75 Å². The van der Waals surface area contributed by atoms with Gasteiger partial charge < -0.3 is 20.3 Å². The molecule has 0 spiro atoms. The summed E-state index contributed by atoms with van der Waals surface area (Å²) in [5, 5.41) is 5.96. The molecule has 1 aliphatic rings. The number of halogens is 3. The van der Waals surface area contributed by atoms with Crippen LogP contribution in [0.1, 0.15) is 23.6 Å². The Morgan fingerprint density at radius 2 is 1.81 bits per heavy atom. The molecular weight excluding hydrogens is 409 g/mol. The standard InChI is InChI=1S/C22H25F3N4O2/c1-2-26-21(27-13-17-8-5-6-10-19(17)31-22(23,24)25)28-14-20(30)29-12-11-16-7-3-4-9-18(16)15-29/h3-10H,2,11-15H2,1H3,(H2,26,27,28). The smallest absolute Gasteiger partial charge is 0.405 e. The van der Waals surface area contributed by atoms with Crippen molar-refractivity contribution < 1.29 is 22.7 Å². The highest BCUT2D eigenvalue weighted by atomic mass is 19.4.